The Morgan fingerprint density at radius 2 is 1.97 bits per heavy atom. The Labute approximate surface area is 206 Å². The predicted octanol–water partition coefficient (Wildman–Crippen LogP) is 5.53. The summed E-state index contributed by atoms with van der Waals surface area (Å²) in [5, 5.41) is 15.5. The summed E-state index contributed by atoms with van der Waals surface area (Å²) in [5.74, 6) is 0.0917. The van der Waals surface area contributed by atoms with E-state index in [1.807, 2.05) is 16.5 Å². The summed E-state index contributed by atoms with van der Waals surface area (Å²) in [4.78, 5) is 13.2. The molecule has 0 amide bonds. The van der Waals surface area contributed by atoms with Gasteiger partial charge in [-0.1, -0.05) is 11.3 Å². The lowest BCUT2D eigenvalue weighted by Gasteiger charge is -2.34. The molecule has 174 valence electrons. The van der Waals surface area contributed by atoms with E-state index in [0.717, 1.165) is 54.2 Å². The fraction of sp³-hybridized carbons (Fsp3) is 0.308. The third-order valence-electron chi connectivity index (χ3n) is 6.73. The molecule has 4 heterocycles. The first-order valence-corrected chi connectivity index (χ1v) is 12.3. The van der Waals surface area contributed by atoms with E-state index in [1.54, 1.807) is 12.1 Å². The average molecular weight is 484 g/mol. The molecule has 1 saturated carbocycles. The van der Waals surface area contributed by atoms with Crippen LogP contribution in [0.4, 0.5) is 20.9 Å². The Morgan fingerprint density at radius 1 is 1.23 bits per heavy atom. The maximum absolute atomic E-state index is 13.5. The molecular formula is C26H22FN7S. The average Bonchev–Trinajstić information content (AvgIpc) is 3.46. The first kappa shape index (κ1) is 21.6. The van der Waals surface area contributed by atoms with E-state index in [4.69, 9.17) is 16.7 Å². The van der Waals surface area contributed by atoms with Crippen molar-refractivity contribution in [1.82, 2.24) is 14.6 Å². The van der Waals surface area contributed by atoms with Gasteiger partial charge in [0.25, 0.3) is 6.04 Å². The van der Waals surface area contributed by atoms with Crippen LogP contribution in [-0.4, -0.2) is 40.8 Å². The van der Waals surface area contributed by atoms with Crippen LogP contribution in [0.25, 0.3) is 21.6 Å². The van der Waals surface area contributed by atoms with Crippen molar-refractivity contribution < 1.29 is 4.39 Å². The Kier molecular flexibility index (Phi) is 4.98. The third-order valence-corrected chi connectivity index (χ3v) is 7.76. The van der Waals surface area contributed by atoms with E-state index >= 15 is 0 Å². The van der Waals surface area contributed by atoms with Crippen molar-refractivity contribution in [3.05, 3.63) is 69.9 Å². The number of pyridine rings is 1. The van der Waals surface area contributed by atoms with Crippen molar-refractivity contribution in [2.24, 2.45) is 0 Å². The normalized spacial score (nSPS) is 15.6. The lowest BCUT2D eigenvalue weighted by Crippen LogP contribution is -2.49. The Hall–Kier alpha value is -3.95. The molecule has 0 unspecified atom stereocenters. The van der Waals surface area contributed by atoms with Crippen LogP contribution in [0, 0.1) is 30.6 Å². The molecular weight excluding hydrogens is 461 g/mol. The lowest BCUT2D eigenvalue weighted by atomic mass is 10.1. The minimum atomic E-state index is -0.323. The van der Waals surface area contributed by atoms with Crippen molar-refractivity contribution in [2.45, 2.75) is 31.7 Å². The van der Waals surface area contributed by atoms with Gasteiger partial charge in [-0.2, -0.15) is 10.4 Å². The van der Waals surface area contributed by atoms with E-state index in [1.165, 1.54) is 23.5 Å². The monoisotopic (exact) mass is 483 g/mol. The number of hydrogen-bond acceptors (Lipinski definition) is 6. The van der Waals surface area contributed by atoms with Gasteiger partial charge in [-0.05, 0) is 56.2 Å². The van der Waals surface area contributed by atoms with Crippen molar-refractivity contribution in [2.75, 3.05) is 29.9 Å². The van der Waals surface area contributed by atoms with Gasteiger partial charge in [-0.15, -0.1) is 0 Å². The number of hydrogen-bond donors (Lipinski definition) is 0. The van der Waals surface area contributed by atoms with Gasteiger partial charge in [0.2, 0.25) is 0 Å². The zero-order valence-electron chi connectivity index (χ0n) is 19.4. The second kappa shape index (κ2) is 8.07. The number of halogens is 1. The Morgan fingerprint density at radius 3 is 2.63 bits per heavy atom. The Bertz CT molecular complexity index is 1530. The highest BCUT2D eigenvalue weighted by Crippen LogP contribution is 2.48. The van der Waals surface area contributed by atoms with Gasteiger partial charge in [0.05, 0.1) is 30.0 Å². The van der Waals surface area contributed by atoms with Crippen LogP contribution in [0.3, 0.4) is 0 Å². The molecule has 0 N–H and O–H groups in total. The van der Waals surface area contributed by atoms with Crippen molar-refractivity contribution in [3.8, 4) is 17.3 Å². The van der Waals surface area contributed by atoms with Crippen LogP contribution in [0.15, 0.2) is 36.4 Å². The van der Waals surface area contributed by atoms with Crippen molar-refractivity contribution >= 4 is 33.4 Å². The molecule has 0 radical (unpaired) electrons. The standard InChI is InChI=1S/C26H22FN7S/c1-15-10-20(33-13-19(14-33)29-2)11-21-25(24(17-4-5-17)31-34(15)21)32(3)26-30-23(22(12-28)35-26)16-6-8-18(27)9-7-16/h6-11,17,19H,4-5,13-14H2,1,3H3. The highest BCUT2D eigenvalue weighted by atomic mass is 32.1. The summed E-state index contributed by atoms with van der Waals surface area (Å²) in [6.45, 7) is 10.8. The summed E-state index contributed by atoms with van der Waals surface area (Å²) in [5.41, 5.74) is 6.45. The highest BCUT2D eigenvalue weighted by molar-refractivity contribution is 7.16. The topological polar surface area (TPSA) is 64.8 Å². The van der Waals surface area contributed by atoms with Gasteiger partial charge in [0.1, 0.15) is 22.5 Å². The van der Waals surface area contributed by atoms with Crippen LogP contribution in [0.1, 0.15) is 35.0 Å². The molecule has 9 heteroatoms. The number of aromatic nitrogens is 3. The van der Waals surface area contributed by atoms with Gasteiger partial charge in [0.15, 0.2) is 5.13 Å². The summed E-state index contributed by atoms with van der Waals surface area (Å²) in [7, 11) is 1.97. The number of nitrogens with zero attached hydrogens (tertiary/aromatic N) is 7. The molecule has 1 aliphatic heterocycles. The summed E-state index contributed by atoms with van der Waals surface area (Å²) < 4.78 is 15.4. The number of nitriles is 1. The summed E-state index contributed by atoms with van der Waals surface area (Å²) in [6.07, 6.45) is 2.22. The molecule has 2 aliphatic rings. The Balaban J connectivity index is 1.46. The molecule has 3 aromatic heterocycles. The fourth-order valence-electron chi connectivity index (χ4n) is 4.63. The largest absolute Gasteiger partial charge is 0.356 e. The van der Waals surface area contributed by atoms with Crippen LogP contribution in [0.2, 0.25) is 0 Å². The first-order valence-electron chi connectivity index (χ1n) is 11.5. The molecule has 0 spiro atoms. The molecule has 0 atom stereocenters. The smallest absolute Gasteiger partial charge is 0.257 e. The van der Waals surface area contributed by atoms with Crippen LogP contribution in [-0.2, 0) is 0 Å². The number of rotatable bonds is 5. The van der Waals surface area contributed by atoms with Crippen LogP contribution >= 0.6 is 11.3 Å². The molecule has 7 nitrogen and oxygen atoms in total. The van der Waals surface area contributed by atoms with Crippen LogP contribution in [0.5, 0.6) is 0 Å². The van der Waals surface area contributed by atoms with Gasteiger partial charge >= 0.3 is 0 Å². The third kappa shape index (κ3) is 3.60. The van der Waals surface area contributed by atoms with E-state index in [-0.39, 0.29) is 11.9 Å². The zero-order chi connectivity index (χ0) is 24.3. The number of fused-ring (bicyclic) bond motifs is 1. The molecule has 35 heavy (non-hydrogen) atoms. The highest BCUT2D eigenvalue weighted by Gasteiger charge is 2.35. The van der Waals surface area contributed by atoms with E-state index in [2.05, 4.69) is 34.9 Å². The van der Waals surface area contributed by atoms with Crippen LogP contribution < -0.4 is 9.80 Å². The molecule has 1 aliphatic carbocycles. The number of aryl methyl sites for hydroxylation is 1. The predicted molar refractivity (Wildman–Crippen MR) is 135 cm³/mol. The van der Waals surface area contributed by atoms with Crippen molar-refractivity contribution in [3.63, 3.8) is 0 Å². The van der Waals surface area contributed by atoms with Crippen molar-refractivity contribution in [1.29, 1.82) is 5.26 Å². The molecule has 4 aromatic rings. The first-order chi connectivity index (χ1) is 17.0. The van der Waals surface area contributed by atoms with E-state index in [0.29, 0.717) is 27.2 Å². The van der Waals surface area contributed by atoms with Gasteiger partial charge < -0.3 is 14.6 Å². The molecule has 6 rings (SSSR count). The number of thiazole rings is 1. The maximum Gasteiger partial charge on any atom is 0.257 e. The number of anilines is 3. The lowest BCUT2D eigenvalue weighted by molar-refractivity contribution is 0.578. The molecule has 1 saturated heterocycles. The molecule has 2 fully saturated rings. The minimum Gasteiger partial charge on any atom is -0.356 e. The summed E-state index contributed by atoms with van der Waals surface area (Å²) >= 11 is 1.33. The molecule has 1 aromatic carbocycles. The van der Waals surface area contributed by atoms with E-state index < -0.39 is 0 Å². The summed E-state index contributed by atoms with van der Waals surface area (Å²) in [6, 6.07) is 12.7. The SMILES string of the molecule is [C-]#[N+]C1CN(c2cc(C)n3nc(C4CC4)c(N(C)c4nc(-c5ccc(F)cc5)c(C#N)s4)c3c2)C1. The van der Waals surface area contributed by atoms with Gasteiger partial charge in [-0.25, -0.2) is 20.5 Å². The van der Waals surface area contributed by atoms with Gasteiger partial charge in [0, 0.05) is 29.9 Å². The second-order valence-electron chi connectivity index (χ2n) is 9.20. The quantitative estimate of drug-likeness (QED) is 0.349. The van der Waals surface area contributed by atoms with E-state index in [9.17, 15) is 9.65 Å². The zero-order valence-corrected chi connectivity index (χ0v) is 20.2. The minimum absolute atomic E-state index is 0.0604. The fourth-order valence-corrected chi connectivity index (χ4v) is 5.48. The van der Waals surface area contributed by atoms with Gasteiger partial charge in [-0.3, -0.25) is 0 Å². The number of benzene rings is 1. The molecule has 0 bridgehead atoms. The second-order valence-corrected chi connectivity index (χ2v) is 10.2. The maximum atomic E-state index is 13.5.